The van der Waals surface area contributed by atoms with E-state index >= 15 is 0 Å². The first-order valence-corrected chi connectivity index (χ1v) is 7.30. The first kappa shape index (κ1) is 14.3. The smallest absolute Gasteiger partial charge is 0.318 e. The molecule has 19 heavy (non-hydrogen) atoms. The zero-order valence-corrected chi connectivity index (χ0v) is 12.6. The summed E-state index contributed by atoms with van der Waals surface area (Å²) in [6.45, 7) is 10.3. The second-order valence-corrected chi connectivity index (χ2v) is 6.47. The highest BCUT2D eigenvalue weighted by molar-refractivity contribution is 5.26. The zero-order valence-electron chi connectivity index (χ0n) is 12.6. The van der Waals surface area contributed by atoms with Crippen molar-refractivity contribution in [3.63, 3.8) is 0 Å². The van der Waals surface area contributed by atoms with Crippen molar-refractivity contribution in [2.24, 2.45) is 0 Å². The molecule has 1 saturated heterocycles. The third-order valence-electron chi connectivity index (χ3n) is 3.52. The lowest BCUT2D eigenvalue weighted by molar-refractivity contribution is 0.378. The Morgan fingerprint density at radius 3 is 2.79 bits per heavy atom. The molecular formula is C14H26N4O. The summed E-state index contributed by atoms with van der Waals surface area (Å²) >= 11 is 0. The molecule has 5 heteroatoms. The minimum Gasteiger partial charge on any atom is -0.407 e. The van der Waals surface area contributed by atoms with Crippen molar-refractivity contribution in [3.8, 4) is 0 Å². The van der Waals surface area contributed by atoms with Crippen LogP contribution >= 0.6 is 0 Å². The van der Waals surface area contributed by atoms with Crippen LogP contribution in [0.2, 0.25) is 0 Å². The summed E-state index contributed by atoms with van der Waals surface area (Å²) in [5, 5.41) is 11.7. The Morgan fingerprint density at radius 2 is 2.05 bits per heavy atom. The van der Waals surface area contributed by atoms with E-state index in [-0.39, 0.29) is 5.54 Å². The Labute approximate surface area is 115 Å². The van der Waals surface area contributed by atoms with Crippen molar-refractivity contribution in [2.75, 3.05) is 11.4 Å². The number of aromatic nitrogens is 2. The van der Waals surface area contributed by atoms with Gasteiger partial charge in [-0.05, 0) is 40.5 Å². The predicted octanol–water partition coefficient (Wildman–Crippen LogP) is 2.73. The molecule has 0 spiro atoms. The third-order valence-corrected chi connectivity index (χ3v) is 3.52. The highest BCUT2D eigenvalue weighted by Gasteiger charge is 2.22. The average Bonchev–Trinajstić information content (AvgIpc) is 2.69. The van der Waals surface area contributed by atoms with Crippen molar-refractivity contribution >= 4 is 6.01 Å². The van der Waals surface area contributed by atoms with Gasteiger partial charge in [-0.25, -0.2) is 0 Å². The maximum absolute atomic E-state index is 5.79. The summed E-state index contributed by atoms with van der Waals surface area (Å²) in [5.74, 6) is 0.668. The lowest BCUT2D eigenvalue weighted by atomic mass is 10.1. The number of hydrogen-bond donors (Lipinski definition) is 1. The largest absolute Gasteiger partial charge is 0.407 e. The highest BCUT2D eigenvalue weighted by Crippen LogP contribution is 2.22. The standard InChI is InChI=1S/C14H26N4O/c1-11-8-6-5-7-9-18(11)13-17-16-12(19-13)10-15-14(2,3)4/h11,15H,5-10H2,1-4H3. The van der Waals surface area contributed by atoms with Crippen LogP contribution in [0.15, 0.2) is 4.42 Å². The van der Waals surface area contributed by atoms with Crippen LogP contribution < -0.4 is 10.2 Å². The third kappa shape index (κ3) is 4.20. The van der Waals surface area contributed by atoms with Crippen LogP contribution in [0.4, 0.5) is 6.01 Å². The van der Waals surface area contributed by atoms with Crippen LogP contribution in [0.5, 0.6) is 0 Å². The van der Waals surface area contributed by atoms with Gasteiger partial charge >= 0.3 is 6.01 Å². The van der Waals surface area contributed by atoms with Crippen LogP contribution in [0.1, 0.15) is 59.3 Å². The Kier molecular flexibility index (Phi) is 4.45. The summed E-state index contributed by atoms with van der Waals surface area (Å²) in [5.41, 5.74) is 0.0600. The molecule has 0 aliphatic carbocycles. The van der Waals surface area contributed by atoms with Gasteiger partial charge in [0.25, 0.3) is 0 Å². The van der Waals surface area contributed by atoms with Gasteiger partial charge in [-0.3, -0.25) is 0 Å². The number of anilines is 1. The molecule has 0 aromatic carbocycles. The molecule has 1 unspecified atom stereocenters. The molecular weight excluding hydrogens is 240 g/mol. The minimum atomic E-state index is 0.0600. The van der Waals surface area contributed by atoms with Gasteiger partial charge in [-0.1, -0.05) is 17.9 Å². The van der Waals surface area contributed by atoms with Crippen LogP contribution in [0.25, 0.3) is 0 Å². The first-order chi connectivity index (χ1) is 8.96. The fourth-order valence-corrected chi connectivity index (χ4v) is 2.33. The lowest BCUT2D eigenvalue weighted by Gasteiger charge is -2.24. The summed E-state index contributed by atoms with van der Waals surface area (Å²) in [7, 11) is 0. The van der Waals surface area contributed by atoms with Gasteiger partial charge < -0.3 is 14.6 Å². The molecule has 108 valence electrons. The van der Waals surface area contributed by atoms with E-state index in [2.05, 4.69) is 48.1 Å². The van der Waals surface area contributed by atoms with E-state index in [0.717, 1.165) is 6.54 Å². The SMILES string of the molecule is CC1CCCCCN1c1nnc(CNC(C)(C)C)o1. The summed E-state index contributed by atoms with van der Waals surface area (Å²) in [6.07, 6.45) is 5.01. The molecule has 0 bridgehead atoms. The summed E-state index contributed by atoms with van der Waals surface area (Å²) in [6, 6.07) is 1.17. The molecule has 0 amide bonds. The second-order valence-electron chi connectivity index (χ2n) is 6.47. The fraction of sp³-hybridized carbons (Fsp3) is 0.857. The van der Waals surface area contributed by atoms with Crippen LogP contribution in [0, 0.1) is 0 Å². The monoisotopic (exact) mass is 266 g/mol. The van der Waals surface area contributed by atoms with Crippen LogP contribution in [-0.2, 0) is 6.54 Å². The van der Waals surface area contributed by atoms with Gasteiger partial charge in [-0.15, -0.1) is 5.10 Å². The molecule has 0 saturated carbocycles. The maximum atomic E-state index is 5.79. The Hall–Kier alpha value is -1.10. The maximum Gasteiger partial charge on any atom is 0.318 e. The Morgan fingerprint density at radius 1 is 1.26 bits per heavy atom. The van der Waals surface area contributed by atoms with E-state index in [1.54, 1.807) is 0 Å². The van der Waals surface area contributed by atoms with Crippen molar-refractivity contribution < 1.29 is 4.42 Å². The molecule has 1 fully saturated rings. The van der Waals surface area contributed by atoms with Crippen LogP contribution in [0.3, 0.4) is 0 Å². The van der Waals surface area contributed by atoms with E-state index < -0.39 is 0 Å². The van der Waals surface area contributed by atoms with Crippen molar-refractivity contribution in [1.29, 1.82) is 0 Å². The molecule has 1 aromatic rings. The molecule has 2 heterocycles. The van der Waals surface area contributed by atoms with E-state index in [0.29, 0.717) is 24.5 Å². The van der Waals surface area contributed by atoms with Crippen molar-refractivity contribution in [2.45, 2.75) is 71.5 Å². The molecule has 1 aliphatic rings. The number of nitrogens with one attached hydrogen (secondary N) is 1. The average molecular weight is 266 g/mol. The number of hydrogen-bond acceptors (Lipinski definition) is 5. The van der Waals surface area contributed by atoms with Gasteiger partial charge in [-0.2, -0.15) is 0 Å². The van der Waals surface area contributed by atoms with E-state index in [1.165, 1.54) is 25.7 Å². The molecule has 2 rings (SSSR count). The van der Waals surface area contributed by atoms with Gasteiger partial charge in [0.15, 0.2) is 0 Å². The minimum absolute atomic E-state index is 0.0600. The van der Waals surface area contributed by atoms with Gasteiger partial charge in [0, 0.05) is 18.1 Å². The zero-order chi connectivity index (χ0) is 13.9. The van der Waals surface area contributed by atoms with E-state index in [1.807, 2.05) is 0 Å². The fourth-order valence-electron chi connectivity index (χ4n) is 2.33. The normalized spacial score (nSPS) is 21.5. The van der Waals surface area contributed by atoms with Gasteiger partial charge in [0.2, 0.25) is 5.89 Å². The topological polar surface area (TPSA) is 54.2 Å². The van der Waals surface area contributed by atoms with Gasteiger partial charge in [0.05, 0.1) is 6.54 Å². The van der Waals surface area contributed by atoms with E-state index in [9.17, 15) is 0 Å². The molecule has 0 radical (unpaired) electrons. The lowest BCUT2D eigenvalue weighted by Crippen LogP contribution is -2.35. The Balaban J connectivity index is 1.99. The van der Waals surface area contributed by atoms with Crippen molar-refractivity contribution in [1.82, 2.24) is 15.5 Å². The summed E-state index contributed by atoms with van der Waals surface area (Å²) in [4.78, 5) is 2.25. The first-order valence-electron chi connectivity index (χ1n) is 7.30. The summed E-state index contributed by atoms with van der Waals surface area (Å²) < 4.78 is 5.79. The number of rotatable bonds is 3. The predicted molar refractivity (Wildman–Crippen MR) is 76.2 cm³/mol. The van der Waals surface area contributed by atoms with Gasteiger partial charge in [0.1, 0.15) is 0 Å². The molecule has 5 nitrogen and oxygen atoms in total. The van der Waals surface area contributed by atoms with Crippen molar-refractivity contribution in [3.05, 3.63) is 5.89 Å². The van der Waals surface area contributed by atoms with E-state index in [4.69, 9.17) is 4.42 Å². The van der Waals surface area contributed by atoms with Crippen LogP contribution in [-0.4, -0.2) is 28.3 Å². The molecule has 1 aliphatic heterocycles. The highest BCUT2D eigenvalue weighted by atomic mass is 16.4. The number of nitrogens with zero attached hydrogens (tertiary/aromatic N) is 3. The quantitative estimate of drug-likeness (QED) is 0.911. The Bertz CT molecular complexity index is 396. The molecule has 1 N–H and O–H groups in total. The molecule has 1 atom stereocenters. The molecule has 1 aromatic heterocycles. The second kappa shape index (κ2) is 5.90.